The largest absolute Gasteiger partial charge is 0.481 e. The van der Waals surface area contributed by atoms with Gasteiger partial charge in [-0.1, -0.05) is 0 Å². The number of aliphatic carboxylic acids is 1. The summed E-state index contributed by atoms with van der Waals surface area (Å²) in [6.07, 6.45) is 2.71. The SMILES string of the molecule is O=C(O)CC1CCN(CCN2C(=O)CCC2=O)CC1. The molecule has 6 nitrogen and oxygen atoms in total. The number of hydrogen-bond donors (Lipinski definition) is 1. The third-order valence-corrected chi connectivity index (χ3v) is 3.97. The van der Waals surface area contributed by atoms with Gasteiger partial charge in [0.1, 0.15) is 0 Å². The van der Waals surface area contributed by atoms with Gasteiger partial charge in [-0.2, -0.15) is 0 Å². The van der Waals surface area contributed by atoms with Crippen LogP contribution in [-0.2, 0) is 14.4 Å². The van der Waals surface area contributed by atoms with E-state index < -0.39 is 5.97 Å². The molecule has 2 heterocycles. The van der Waals surface area contributed by atoms with Gasteiger partial charge in [-0.3, -0.25) is 19.3 Å². The van der Waals surface area contributed by atoms with Crippen molar-refractivity contribution in [1.82, 2.24) is 9.80 Å². The van der Waals surface area contributed by atoms with E-state index in [1.807, 2.05) is 0 Å². The number of rotatable bonds is 5. The zero-order valence-corrected chi connectivity index (χ0v) is 11.0. The zero-order valence-electron chi connectivity index (χ0n) is 11.0. The Kier molecular flexibility index (Phi) is 4.52. The maximum absolute atomic E-state index is 11.5. The van der Waals surface area contributed by atoms with Gasteiger partial charge in [0.25, 0.3) is 0 Å². The molecule has 0 unspecified atom stereocenters. The van der Waals surface area contributed by atoms with Crippen LogP contribution in [0.5, 0.6) is 0 Å². The second kappa shape index (κ2) is 6.14. The molecule has 1 N–H and O–H groups in total. The molecule has 0 aliphatic carbocycles. The summed E-state index contributed by atoms with van der Waals surface area (Å²) >= 11 is 0. The van der Waals surface area contributed by atoms with E-state index in [0.29, 0.717) is 25.9 Å². The minimum Gasteiger partial charge on any atom is -0.481 e. The molecule has 2 aliphatic rings. The number of amides is 2. The van der Waals surface area contributed by atoms with Crippen LogP contribution in [0, 0.1) is 5.92 Å². The van der Waals surface area contributed by atoms with Crippen molar-refractivity contribution in [3.63, 3.8) is 0 Å². The Morgan fingerprint density at radius 1 is 1.11 bits per heavy atom. The van der Waals surface area contributed by atoms with Crippen molar-refractivity contribution in [3.8, 4) is 0 Å². The van der Waals surface area contributed by atoms with Crippen LogP contribution in [0.4, 0.5) is 0 Å². The summed E-state index contributed by atoms with van der Waals surface area (Å²) in [4.78, 5) is 37.1. The summed E-state index contributed by atoms with van der Waals surface area (Å²) < 4.78 is 0. The second-order valence-electron chi connectivity index (χ2n) is 5.32. The Morgan fingerprint density at radius 3 is 2.21 bits per heavy atom. The predicted molar refractivity (Wildman–Crippen MR) is 67.4 cm³/mol. The lowest BCUT2D eigenvalue weighted by atomic mass is 9.94. The predicted octanol–water partition coefficient (Wildman–Crippen LogP) is 0.322. The van der Waals surface area contributed by atoms with Crippen molar-refractivity contribution >= 4 is 17.8 Å². The normalized spacial score (nSPS) is 22.2. The number of nitrogens with zero attached hydrogens (tertiary/aromatic N) is 2. The molecule has 0 bridgehead atoms. The van der Waals surface area contributed by atoms with Crippen LogP contribution in [0.25, 0.3) is 0 Å². The maximum atomic E-state index is 11.5. The first-order valence-corrected chi connectivity index (χ1v) is 6.83. The molecule has 0 aromatic carbocycles. The molecule has 19 heavy (non-hydrogen) atoms. The number of hydrogen-bond acceptors (Lipinski definition) is 4. The molecule has 2 aliphatic heterocycles. The Balaban J connectivity index is 1.70. The number of carboxylic acids is 1. The number of carbonyl (C=O) groups is 3. The summed E-state index contributed by atoms with van der Waals surface area (Å²) in [6.45, 7) is 2.89. The molecule has 6 heteroatoms. The van der Waals surface area contributed by atoms with E-state index in [2.05, 4.69) is 4.90 Å². The van der Waals surface area contributed by atoms with E-state index in [4.69, 9.17) is 5.11 Å². The summed E-state index contributed by atoms with van der Waals surface area (Å²) in [7, 11) is 0. The van der Waals surface area contributed by atoms with Crippen molar-refractivity contribution in [2.75, 3.05) is 26.2 Å². The molecule has 0 saturated carbocycles. The molecule has 0 radical (unpaired) electrons. The number of carbonyl (C=O) groups excluding carboxylic acids is 2. The third-order valence-electron chi connectivity index (χ3n) is 3.97. The van der Waals surface area contributed by atoms with Gasteiger partial charge < -0.3 is 10.0 Å². The summed E-state index contributed by atoms with van der Waals surface area (Å²) in [5, 5.41) is 8.74. The Labute approximate surface area is 112 Å². The highest BCUT2D eigenvalue weighted by atomic mass is 16.4. The molecule has 2 saturated heterocycles. The van der Waals surface area contributed by atoms with Gasteiger partial charge in [-0.05, 0) is 31.8 Å². The third kappa shape index (κ3) is 3.76. The minimum absolute atomic E-state index is 0.0641. The standard InChI is InChI=1S/C13H20N2O4/c16-11-1-2-12(17)15(11)8-7-14-5-3-10(4-6-14)9-13(18)19/h10H,1-9H2,(H,18,19). The number of likely N-dealkylation sites (tertiary alicyclic amines) is 2. The fraction of sp³-hybridized carbons (Fsp3) is 0.769. The summed E-state index contributed by atoms with van der Waals surface area (Å²) in [5.41, 5.74) is 0. The van der Waals surface area contributed by atoms with Crippen LogP contribution in [0.1, 0.15) is 32.1 Å². The van der Waals surface area contributed by atoms with Crippen molar-refractivity contribution < 1.29 is 19.5 Å². The van der Waals surface area contributed by atoms with Gasteiger partial charge in [0, 0.05) is 32.4 Å². The van der Waals surface area contributed by atoms with Crippen molar-refractivity contribution in [1.29, 1.82) is 0 Å². The monoisotopic (exact) mass is 268 g/mol. The average molecular weight is 268 g/mol. The van der Waals surface area contributed by atoms with Gasteiger partial charge in [0.05, 0.1) is 0 Å². The van der Waals surface area contributed by atoms with Crippen LogP contribution in [0.2, 0.25) is 0 Å². The first-order valence-electron chi connectivity index (χ1n) is 6.83. The zero-order chi connectivity index (χ0) is 13.8. The fourth-order valence-corrected chi connectivity index (χ4v) is 2.77. The van der Waals surface area contributed by atoms with Gasteiger partial charge in [-0.25, -0.2) is 0 Å². The molecular weight excluding hydrogens is 248 g/mol. The average Bonchev–Trinajstić information content (AvgIpc) is 2.68. The highest BCUT2D eigenvalue weighted by Gasteiger charge is 2.29. The van der Waals surface area contributed by atoms with E-state index >= 15 is 0 Å². The van der Waals surface area contributed by atoms with E-state index in [-0.39, 0.29) is 24.2 Å². The molecule has 2 rings (SSSR count). The first-order chi connectivity index (χ1) is 9.06. The first kappa shape index (κ1) is 14.0. The van der Waals surface area contributed by atoms with Crippen molar-refractivity contribution in [2.24, 2.45) is 5.92 Å². The molecule has 0 aromatic heterocycles. The van der Waals surface area contributed by atoms with Gasteiger partial charge in [0.2, 0.25) is 11.8 Å². The van der Waals surface area contributed by atoms with Gasteiger partial charge >= 0.3 is 5.97 Å². The lowest BCUT2D eigenvalue weighted by molar-refractivity contribution is -0.140. The molecule has 2 fully saturated rings. The molecule has 0 spiro atoms. The molecular formula is C13H20N2O4. The smallest absolute Gasteiger partial charge is 0.303 e. The van der Waals surface area contributed by atoms with E-state index in [1.54, 1.807) is 0 Å². The number of imide groups is 1. The molecule has 0 atom stereocenters. The Hall–Kier alpha value is -1.43. The number of piperidine rings is 1. The highest BCUT2D eigenvalue weighted by Crippen LogP contribution is 2.20. The Bertz CT molecular complexity index is 359. The fourth-order valence-electron chi connectivity index (χ4n) is 2.77. The van der Waals surface area contributed by atoms with Crippen molar-refractivity contribution in [2.45, 2.75) is 32.1 Å². The topological polar surface area (TPSA) is 77.9 Å². The van der Waals surface area contributed by atoms with E-state index in [9.17, 15) is 14.4 Å². The van der Waals surface area contributed by atoms with Crippen LogP contribution < -0.4 is 0 Å². The number of carboxylic acid groups (broad SMARTS) is 1. The van der Waals surface area contributed by atoms with E-state index in [1.165, 1.54) is 4.90 Å². The Morgan fingerprint density at radius 2 is 1.68 bits per heavy atom. The van der Waals surface area contributed by atoms with Gasteiger partial charge in [0.15, 0.2) is 0 Å². The maximum Gasteiger partial charge on any atom is 0.303 e. The van der Waals surface area contributed by atoms with Crippen LogP contribution in [0.15, 0.2) is 0 Å². The minimum atomic E-state index is -0.730. The summed E-state index contributed by atoms with van der Waals surface area (Å²) in [6, 6.07) is 0. The quantitative estimate of drug-likeness (QED) is 0.727. The second-order valence-corrected chi connectivity index (χ2v) is 5.32. The van der Waals surface area contributed by atoms with E-state index in [0.717, 1.165) is 25.9 Å². The van der Waals surface area contributed by atoms with Gasteiger partial charge in [-0.15, -0.1) is 0 Å². The molecule has 2 amide bonds. The lowest BCUT2D eigenvalue weighted by Crippen LogP contribution is -2.41. The highest BCUT2D eigenvalue weighted by molar-refractivity contribution is 6.01. The summed E-state index contributed by atoms with van der Waals surface area (Å²) in [5.74, 6) is -0.591. The van der Waals surface area contributed by atoms with Crippen LogP contribution in [0.3, 0.4) is 0 Å². The molecule has 0 aromatic rings. The lowest BCUT2D eigenvalue weighted by Gasteiger charge is -2.32. The van der Waals surface area contributed by atoms with Crippen LogP contribution in [-0.4, -0.2) is 58.9 Å². The molecule has 106 valence electrons. The van der Waals surface area contributed by atoms with Crippen molar-refractivity contribution in [3.05, 3.63) is 0 Å². The van der Waals surface area contributed by atoms with Crippen LogP contribution >= 0.6 is 0 Å².